The molecule has 3 aromatic rings. The molecule has 10 heteroatoms. The van der Waals surface area contributed by atoms with E-state index in [1.165, 1.54) is 6.07 Å². The number of hydrogen-bond donors (Lipinski definition) is 4. The van der Waals surface area contributed by atoms with Gasteiger partial charge in [-0.3, -0.25) is 14.8 Å². The summed E-state index contributed by atoms with van der Waals surface area (Å²) >= 11 is 0. The summed E-state index contributed by atoms with van der Waals surface area (Å²) in [6, 6.07) is 12.8. The number of hydrogen-bond acceptors (Lipinski definition) is 5. The zero-order valence-corrected chi connectivity index (χ0v) is 15.7. The van der Waals surface area contributed by atoms with Gasteiger partial charge < -0.3 is 5.73 Å². The van der Waals surface area contributed by atoms with Gasteiger partial charge in [0.15, 0.2) is 5.82 Å². The highest BCUT2D eigenvalue weighted by Gasteiger charge is 2.30. The molecule has 4 rings (SSSR count). The van der Waals surface area contributed by atoms with Gasteiger partial charge in [-0.15, -0.1) is 5.10 Å². The van der Waals surface area contributed by atoms with E-state index in [9.17, 15) is 13.2 Å². The summed E-state index contributed by atoms with van der Waals surface area (Å²) in [5.74, 6) is 0.102. The Labute approximate surface area is 161 Å². The second-order valence-corrected chi connectivity index (χ2v) is 8.44. The van der Waals surface area contributed by atoms with Gasteiger partial charge in [0.1, 0.15) is 0 Å². The number of H-pyrrole nitrogens is 2. The fraction of sp³-hybridized carbons (Fsp3) is 0.222. The van der Waals surface area contributed by atoms with Crippen molar-refractivity contribution in [2.75, 3.05) is 13.1 Å². The lowest BCUT2D eigenvalue weighted by molar-refractivity contribution is -0.127. The van der Waals surface area contributed by atoms with Crippen molar-refractivity contribution < 1.29 is 13.2 Å². The van der Waals surface area contributed by atoms with Crippen LogP contribution >= 0.6 is 0 Å². The van der Waals surface area contributed by atoms with E-state index in [0.29, 0.717) is 30.0 Å². The first-order chi connectivity index (χ1) is 13.3. The molecule has 1 saturated heterocycles. The number of likely N-dealkylation sites (tertiary alicyclic amines) is 1. The number of nitrogens with zero attached hydrogens (tertiary/aromatic N) is 2. The van der Waals surface area contributed by atoms with E-state index in [1.807, 2.05) is 30.3 Å². The van der Waals surface area contributed by atoms with Crippen molar-refractivity contribution in [1.29, 1.82) is 0 Å². The first-order valence-electron chi connectivity index (χ1n) is 8.69. The molecule has 2 aromatic carbocycles. The van der Waals surface area contributed by atoms with Crippen LogP contribution in [0.25, 0.3) is 22.5 Å². The standard InChI is InChI=1S/C18H20N6O3S/c19-17(25)13-9-24(10-13)8-11-4-6-12(7-5-11)14-2-1-3-15(28(20,26)27)16(14)18-21-23-22-18/h1-7,13,23H,8-10H2,(H2,19,25)(H,21,22)(H2,20,26,27). The van der Waals surface area contributed by atoms with Crippen LogP contribution in [0, 0.1) is 5.92 Å². The molecule has 0 unspecified atom stereocenters. The van der Waals surface area contributed by atoms with Crippen LogP contribution in [-0.4, -0.2) is 47.7 Å². The smallest absolute Gasteiger partial charge is 0.238 e. The van der Waals surface area contributed by atoms with E-state index in [-0.39, 0.29) is 16.7 Å². The summed E-state index contributed by atoms with van der Waals surface area (Å²) in [4.78, 5) is 13.3. The highest BCUT2D eigenvalue weighted by atomic mass is 32.2. The highest BCUT2D eigenvalue weighted by Crippen LogP contribution is 2.35. The summed E-state index contributed by atoms with van der Waals surface area (Å²) in [7, 11) is -3.91. The van der Waals surface area contributed by atoms with Crippen molar-refractivity contribution in [2.24, 2.45) is 16.8 Å². The van der Waals surface area contributed by atoms with E-state index < -0.39 is 10.0 Å². The average Bonchev–Trinajstić information content (AvgIpc) is 2.56. The second-order valence-electron chi connectivity index (χ2n) is 6.91. The predicted molar refractivity (Wildman–Crippen MR) is 103 cm³/mol. The Bertz CT molecular complexity index is 1100. The monoisotopic (exact) mass is 400 g/mol. The average molecular weight is 400 g/mol. The zero-order valence-electron chi connectivity index (χ0n) is 14.9. The van der Waals surface area contributed by atoms with Crippen molar-refractivity contribution in [2.45, 2.75) is 11.4 Å². The Morgan fingerprint density at radius 1 is 1.18 bits per heavy atom. The van der Waals surface area contributed by atoms with Crippen molar-refractivity contribution in [1.82, 2.24) is 20.3 Å². The fourth-order valence-corrected chi connectivity index (χ4v) is 4.17. The summed E-state index contributed by atoms with van der Waals surface area (Å²) in [5, 5.41) is 14.7. The number of primary sulfonamides is 1. The lowest BCUT2D eigenvalue weighted by atomic mass is 9.96. The van der Waals surface area contributed by atoms with Gasteiger partial charge in [-0.25, -0.2) is 18.8 Å². The fourth-order valence-electron chi connectivity index (χ4n) is 3.41. The molecule has 6 N–H and O–H groups in total. The number of sulfonamides is 1. The van der Waals surface area contributed by atoms with E-state index in [0.717, 1.165) is 17.7 Å². The summed E-state index contributed by atoms with van der Waals surface area (Å²) in [5.41, 5.74) is 8.38. The molecule has 1 aliphatic heterocycles. The minimum atomic E-state index is -3.91. The first kappa shape index (κ1) is 18.4. The van der Waals surface area contributed by atoms with E-state index in [2.05, 4.69) is 20.3 Å². The van der Waals surface area contributed by atoms with Gasteiger partial charge in [0.25, 0.3) is 0 Å². The van der Waals surface area contributed by atoms with Gasteiger partial charge in [-0.1, -0.05) is 36.4 Å². The molecule has 0 radical (unpaired) electrons. The number of primary amides is 1. The lowest BCUT2D eigenvalue weighted by Crippen LogP contribution is -2.51. The van der Waals surface area contributed by atoms with Gasteiger partial charge in [0.05, 0.1) is 10.8 Å². The van der Waals surface area contributed by atoms with Crippen LogP contribution in [0.3, 0.4) is 0 Å². The molecule has 1 aromatic heterocycles. The molecule has 28 heavy (non-hydrogen) atoms. The molecule has 146 valence electrons. The van der Waals surface area contributed by atoms with Crippen molar-refractivity contribution in [3.05, 3.63) is 48.0 Å². The Morgan fingerprint density at radius 2 is 1.86 bits per heavy atom. The number of carbonyl (C=O) groups excluding carboxylic acids is 1. The lowest BCUT2D eigenvalue weighted by Gasteiger charge is -2.37. The molecule has 0 bridgehead atoms. The van der Waals surface area contributed by atoms with Crippen LogP contribution in [-0.2, 0) is 21.4 Å². The molecular formula is C18H20N6O3S. The second kappa shape index (κ2) is 6.89. The summed E-state index contributed by atoms with van der Waals surface area (Å²) in [6.07, 6.45) is 0. The van der Waals surface area contributed by atoms with E-state index >= 15 is 0 Å². The summed E-state index contributed by atoms with van der Waals surface area (Å²) in [6.45, 7) is 2.08. The highest BCUT2D eigenvalue weighted by molar-refractivity contribution is 7.89. The predicted octanol–water partition coefficient (Wildman–Crippen LogP) is 0.636. The Kier molecular flexibility index (Phi) is 4.53. The van der Waals surface area contributed by atoms with Crippen LogP contribution in [0.4, 0.5) is 0 Å². The molecule has 1 aliphatic rings. The van der Waals surface area contributed by atoms with Gasteiger partial charge in [-0.05, 0) is 22.8 Å². The van der Waals surface area contributed by atoms with E-state index in [1.54, 1.807) is 6.07 Å². The molecular weight excluding hydrogens is 380 g/mol. The number of rotatable bonds is 6. The molecule has 0 aliphatic carbocycles. The number of aromatic nitrogens is 3. The third-order valence-corrected chi connectivity index (χ3v) is 5.90. The number of nitrogens with one attached hydrogen (secondary N) is 2. The van der Waals surface area contributed by atoms with Gasteiger partial charge in [0.2, 0.25) is 15.9 Å². The zero-order chi connectivity index (χ0) is 19.9. The maximum atomic E-state index is 12.0. The minimum absolute atomic E-state index is 0.0138. The Hall–Kier alpha value is -2.95. The largest absolute Gasteiger partial charge is 0.369 e. The molecule has 1 amide bonds. The van der Waals surface area contributed by atoms with Crippen LogP contribution in [0.2, 0.25) is 0 Å². The summed E-state index contributed by atoms with van der Waals surface area (Å²) < 4.78 is 24.0. The Balaban J connectivity index is 1.61. The SMILES string of the molecule is NC(=O)C1CN(Cc2ccc(-c3cccc(S(N)(=O)=O)c3-c3n[nH][nH]3)cc2)C1. The van der Waals surface area contributed by atoms with Crippen molar-refractivity contribution >= 4 is 15.9 Å². The van der Waals surface area contributed by atoms with Crippen LogP contribution in [0.15, 0.2) is 47.4 Å². The van der Waals surface area contributed by atoms with Crippen LogP contribution in [0.1, 0.15) is 5.56 Å². The molecule has 1 fully saturated rings. The molecule has 9 nitrogen and oxygen atoms in total. The number of amides is 1. The first-order valence-corrected chi connectivity index (χ1v) is 10.2. The third-order valence-electron chi connectivity index (χ3n) is 4.94. The van der Waals surface area contributed by atoms with Crippen molar-refractivity contribution in [3.8, 4) is 22.5 Å². The van der Waals surface area contributed by atoms with Gasteiger partial charge in [0, 0.05) is 25.2 Å². The number of benzene rings is 2. The number of carbonyl (C=O) groups is 1. The minimum Gasteiger partial charge on any atom is -0.369 e. The maximum Gasteiger partial charge on any atom is 0.238 e. The normalized spacial score (nSPS) is 15.5. The van der Waals surface area contributed by atoms with E-state index in [4.69, 9.17) is 10.9 Å². The van der Waals surface area contributed by atoms with Crippen LogP contribution in [0.5, 0.6) is 0 Å². The Morgan fingerprint density at radius 3 is 2.39 bits per heavy atom. The molecule has 0 saturated carbocycles. The number of aromatic amines is 2. The van der Waals surface area contributed by atoms with Gasteiger partial charge in [-0.2, -0.15) is 0 Å². The number of nitrogens with two attached hydrogens (primary N) is 2. The topological polar surface area (TPSA) is 151 Å². The van der Waals surface area contributed by atoms with Crippen molar-refractivity contribution in [3.63, 3.8) is 0 Å². The quantitative estimate of drug-likeness (QED) is 0.478. The molecule has 0 spiro atoms. The van der Waals surface area contributed by atoms with Crippen LogP contribution < -0.4 is 10.9 Å². The third kappa shape index (κ3) is 3.44. The molecule has 0 atom stereocenters. The van der Waals surface area contributed by atoms with Gasteiger partial charge >= 0.3 is 0 Å². The maximum absolute atomic E-state index is 12.0. The molecule has 2 heterocycles.